The minimum Gasteiger partial charge on any atom is -0.493 e. The Hall–Kier alpha value is -3.79. The van der Waals surface area contributed by atoms with E-state index in [2.05, 4.69) is 15.5 Å². The number of benzene rings is 2. The van der Waals surface area contributed by atoms with Crippen molar-refractivity contribution in [2.75, 3.05) is 76.8 Å². The Kier molecular flexibility index (Phi) is 8.74. The fraction of sp³-hybridized carbons (Fsp3) is 0.500. The zero-order valence-corrected chi connectivity index (χ0v) is 23.4. The van der Waals surface area contributed by atoms with Crippen molar-refractivity contribution in [1.29, 1.82) is 0 Å². The lowest BCUT2D eigenvalue weighted by atomic mass is 9.84. The lowest BCUT2D eigenvalue weighted by Gasteiger charge is -2.31. The molecule has 214 valence electrons. The molecule has 3 fully saturated rings. The molecule has 10 nitrogen and oxygen atoms in total. The average Bonchev–Trinajstić information content (AvgIpc) is 3.22. The summed E-state index contributed by atoms with van der Waals surface area (Å²) in [4.78, 5) is 45.7. The number of hydrogen-bond acceptors (Lipinski definition) is 7. The van der Waals surface area contributed by atoms with Gasteiger partial charge in [-0.3, -0.25) is 14.4 Å². The maximum Gasteiger partial charge on any atom is 0.255 e. The highest BCUT2D eigenvalue weighted by molar-refractivity contribution is 6.07. The van der Waals surface area contributed by atoms with Crippen molar-refractivity contribution in [3.8, 4) is 11.5 Å². The molecule has 0 atom stereocenters. The van der Waals surface area contributed by atoms with Crippen LogP contribution in [0.3, 0.4) is 0 Å². The van der Waals surface area contributed by atoms with E-state index in [0.29, 0.717) is 54.5 Å². The molecule has 0 spiro atoms. The number of rotatable bonds is 7. The second-order valence-corrected chi connectivity index (χ2v) is 10.6. The van der Waals surface area contributed by atoms with Gasteiger partial charge in [0.15, 0.2) is 11.5 Å². The third-order valence-electron chi connectivity index (χ3n) is 8.14. The molecule has 3 amide bonds. The van der Waals surface area contributed by atoms with Gasteiger partial charge in [-0.25, -0.2) is 0 Å². The van der Waals surface area contributed by atoms with Crippen molar-refractivity contribution in [2.24, 2.45) is 5.92 Å². The number of nitrogens with zero attached hydrogens (tertiary/aromatic N) is 3. The fourth-order valence-electron chi connectivity index (χ4n) is 5.56. The van der Waals surface area contributed by atoms with Crippen LogP contribution >= 0.6 is 0 Å². The van der Waals surface area contributed by atoms with Gasteiger partial charge < -0.3 is 34.8 Å². The summed E-state index contributed by atoms with van der Waals surface area (Å²) in [6, 6.07) is 10.6. The number of amides is 3. The van der Waals surface area contributed by atoms with Crippen LogP contribution in [0.5, 0.6) is 11.5 Å². The first-order valence-corrected chi connectivity index (χ1v) is 14.2. The minimum atomic E-state index is -0.314. The highest BCUT2D eigenvalue weighted by Gasteiger charge is 2.31. The van der Waals surface area contributed by atoms with Gasteiger partial charge in [0.25, 0.3) is 11.8 Å². The molecule has 2 N–H and O–H groups in total. The van der Waals surface area contributed by atoms with Crippen LogP contribution < -0.4 is 25.0 Å². The van der Waals surface area contributed by atoms with Gasteiger partial charge >= 0.3 is 0 Å². The molecular formula is C30H39N5O5. The van der Waals surface area contributed by atoms with Crippen molar-refractivity contribution in [3.05, 3.63) is 47.5 Å². The Morgan fingerprint density at radius 1 is 0.800 bits per heavy atom. The molecule has 2 saturated heterocycles. The van der Waals surface area contributed by atoms with Crippen LogP contribution in [0, 0.1) is 5.92 Å². The molecule has 0 bridgehead atoms. The molecule has 0 radical (unpaired) electrons. The molecular weight excluding hydrogens is 510 g/mol. The summed E-state index contributed by atoms with van der Waals surface area (Å²) in [6.07, 6.45) is 3.96. The number of piperazine rings is 1. The topological polar surface area (TPSA) is 103 Å². The number of carbonyl (C=O) groups excluding carboxylic acids is 3. The number of methoxy groups -OCH3 is 2. The molecule has 0 aromatic heterocycles. The molecule has 0 unspecified atom stereocenters. The number of anilines is 2. The van der Waals surface area contributed by atoms with E-state index in [1.807, 2.05) is 21.9 Å². The molecule has 5 rings (SSSR count). The van der Waals surface area contributed by atoms with Crippen molar-refractivity contribution < 1.29 is 23.9 Å². The van der Waals surface area contributed by atoms with Gasteiger partial charge in [-0.15, -0.1) is 0 Å². The summed E-state index contributed by atoms with van der Waals surface area (Å²) in [7, 11) is 3.08. The van der Waals surface area contributed by atoms with E-state index >= 15 is 0 Å². The van der Waals surface area contributed by atoms with Crippen molar-refractivity contribution >= 4 is 29.1 Å². The van der Waals surface area contributed by atoms with Crippen LogP contribution in [0.2, 0.25) is 0 Å². The van der Waals surface area contributed by atoms with E-state index in [4.69, 9.17) is 9.47 Å². The molecule has 2 heterocycles. The molecule has 1 aliphatic carbocycles. The third kappa shape index (κ3) is 6.01. The van der Waals surface area contributed by atoms with Crippen LogP contribution in [0.4, 0.5) is 11.4 Å². The predicted octanol–water partition coefficient (Wildman–Crippen LogP) is 2.84. The number of nitrogens with one attached hydrogen (secondary N) is 2. The maximum atomic E-state index is 13.4. The second kappa shape index (κ2) is 12.6. The Balaban J connectivity index is 1.40. The summed E-state index contributed by atoms with van der Waals surface area (Å²) >= 11 is 0. The van der Waals surface area contributed by atoms with E-state index < -0.39 is 0 Å². The first-order chi connectivity index (χ1) is 19.5. The van der Waals surface area contributed by atoms with Crippen molar-refractivity contribution in [3.63, 3.8) is 0 Å². The number of carbonyl (C=O) groups is 3. The van der Waals surface area contributed by atoms with Gasteiger partial charge in [-0.05, 0) is 55.7 Å². The molecule has 2 aromatic rings. The Morgan fingerprint density at radius 2 is 1.55 bits per heavy atom. The zero-order chi connectivity index (χ0) is 28.1. The third-order valence-corrected chi connectivity index (χ3v) is 8.14. The van der Waals surface area contributed by atoms with Crippen LogP contribution in [0.15, 0.2) is 36.4 Å². The van der Waals surface area contributed by atoms with Crippen molar-refractivity contribution in [1.82, 2.24) is 15.1 Å². The van der Waals surface area contributed by atoms with Crippen LogP contribution in [-0.2, 0) is 4.79 Å². The normalized spacial score (nSPS) is 18.0. The number of ether oxygens (including phenoxy) is 2. The smallest absolute Gasteiger partial charge is 0.255 e. The van der Waals surface area contributed by atoms with Crippen molar-refractivity contribution in [2.45, 2.75) is 25.7 Å². The summed E-state index contributed by atoms with van der Waals surface area (Å²) in [6.45, 7) is 5.59. The quantitative estimate of drug-likeness (QED) is 0.548. The molecule has 1 saturated carbocycles. The molecule has 2 aliphatic heterocycles. The average molecular weight is 550 g/mol. The zero-order valence-electron chi connectivity index (χ0n) is 23.4. The van der Waals surface area contributed by atoms with Crippen LogP contribution in [-0.4, -0.2) is 94.1 Å². The Labute approximate surface area is 235 Å². The monoisotopic (exact) mass is 549 g/mol. The molecule has 2 aromatic carbocycles. The number of hydrogen-bond donors (Lipinski definition) is 2. The van der Waals surface area contributed by atoms with Gasteiger partial charge in [-0.1, -0.05) is 6.42 Å². The molecule has 40 heavy (non-hydrogen) atoms. The summed E-state index contributed by atoms with van der Waals surface area (Å²) in [5.41, 5.74) is 2.35. The lowest BCUT2D eigenvalue weighted by Crippen LogP contribution is -2.46. The summed E-state index contributed by atoms with van der Waals surface area (Å²) in [5, 5.41) is 6.33. The molecule has 10 heteroatoms. The van der Waals surface area contributed by atoms with Crippen LogP contribution in [0.25, 0.3) is 0 Å². The van der Waals surface area contributed by atoms with Gasteiger partial charge in [0.2, 0.25) is 5.91 Å². The Morgan fingerprint density at radius 3 is 2.25 bits per heavy atom. The first kappa shape index (κ1) is 27.8. The largest absolute Gasteiger partial charge is 0.493 e. The highest BCUT2D eigenvalue weighted by Crippen LogP contribution is 2.33. The summed E-state index contributed by atoms with van der Waals surface area (Å²) in [5.74, 6) is 1.08. The van der Waals surface area contributed by atoms with E-state index in [1.54, 1.807) is 31.4 Å². The van der Waals surface area contributed by atoms with Crippen LogP contribution in [0.1, 0.15) is 46.4 Å². The SMILES string of the molecule is COc1ccc(C(=O)Nc2cc(C(=O)N3CCNCC3)ccc2N2CCCN(C(=O)C3CCC3)CC2)cc1OC. The predicted molar refractivity (Wildman–Crippen MR) is 153 cm³/mol. The highest BCUT2D eigenvalue weighted by atomic mass is 16.5. The van der Waals surface area contributed by atoms with E-state index in [-0.39, 0.29) is 23.6 Å². The Bertz CT molecular complexity index is 1240. The van der Waals surface area contributed by atoms with E-state index in [9.17, 15) is 14.4 Å². The fourth-order valence-corrected chi connectivity index (χ4v) is 5.56. The van der Waals surface area contributed by atoms with Gasteiger partial charge in [-0.2, -0.15) is 0 Å². The molecule has 3 aliphatic rings. The maximum absolute atomic E-state index is 13.4. The van der Waals surface area contributed by atoms with E-state index in [1.165, 1.54) is 7.11 Å². The first-order valence-electron chi connectivity index (χ1n) is 14.2. The lowest BCUT2D eigenvalue weighted by molar-refractivity contribution is -0.137. The van der Waals surface area contributed by atoms with Gasteiger partial charge in [0, 0.05) is 69.4 Å². The van der Waals surface area contributed by atoms with E-state index in [0.717, 1.165) is 57.5 Å². The second-order valence-electron chi connectivity index (χ2n) is 10.6. The standard InChI is InChI=1S/C30H39N5O5/c1-39-26-10-8-22(20-27(26)40-2)28(36)32-24-19-23(30(38)35-15-11-31-12-16-35)7-9-25(24)33-13-4-14-34(18-17-33)29(37)21-5-3-6-21/h7-10,19-21,31H,3-6,11-18H2,1-2H3,(H,32,36). The van der Waals surface area contributed by atoms with Gasteiger partial charge in [0.1, 0.15) is 0 Å². The van der Waals surface area contributed by atoms with Gasteiger partial charge in [0.05, 0.1) is 25.6 Å². The summed E-state index contributed by atoms with van der Waals surface area (Å²) < 4.78 is 10.7. The minimum absolute atomic E-state index is 0.0530.